The maximum atomic E-state index is 11.8. The van der Waals surface area contributed by atoms with Gasteiger partial charge in [0, 0.05) is 28.9 Å². The summed E-state index contributed by atoms with van der Waals surface area (Å²) in [5, 5.41) is 5.18. The molecule has 0 saturated carbocycles. The highest BCUT2D eigenvalue weighted by atomic mass is 79.9. The van der Waals surface area contributed by atoms with E-state index in [1.807, 2.05) is 12.1 Å². The first-order valence-corrected chi connectivity index (χ1v) is 9.25. The summed E-state index contributed by atoms with van der Waals surface area (Å²) in [5.41, 5.74) is 0.686. The first-order chi connectivity index (χ1) is 11.8. The summed E-state index contributed by atoms with van der Waals surface area (Å²) in [6, 6.07) is 7.15. The fraction of sp³-hybridized carbons (Fsp3) is 0.467. The number of rotatable bonds is 10. The predicted octanol–water partition coefficient (Wildman–Crippen LogP) is 3.21. The lowest BCUT2D eigenvalue weighted by atomic mass is 10.3. The lowest BCUT2D eigenvalue weighted by Crippen LogP contribution is -2.29. The number of anilines is 1. The van der Waals surface area contributed by atoms with Gasteiger partial charge in [-0.15, -0.1) is 0 Å². The Kier molecular flexibility index (Phi) is 9.91. The van der Waals surface area contributed by atoms with Gasteiger partial charge in [0.1, 0.15) is 6.61 Å². The lowest BCUT2D eigenvalue weighted by molar-refractivity contribution is -0.173. The van der Waals surface area contributed by atoms with Gasteiger partial charge in [-0.05, 0) is 24.3 Å². The minimum Gasteiger partial charge on any atom is -0.370 e. The second kappa shape index (κ2) is 11.4. The van der Waals surface area contributed by atoms with Gasteiger partial charge in [0.05, 0.1) is 12.4 Å². The SMILES string of the molecule is O=C(CCSCC(=O)Nc1ccc(Br)cc1)NCCOCC(F)(F)F. The molecule has 5 nitrogen and oxygen atoms in total. The first-order valence-electron chi connectivity index (χ1n) is 7.30. The zero-order valence-electron chi connectivity index (χ0n) is 13.2. The Morgan fingerprint density at radius 2 is 1.84 bits per heavy atom. The van der Waals surface area contributed by atoms with Crippen LogP contribution in [-0.4, -0.2) is 49.3 Å². The molecule has 1 rings (SSSR count). The van der Waals surface area contributed by atoms with E-state index in [-0.39, 0.29) is 37.1 Å². The Hall–Kier alpha value is -1.26. The molecule has 0 aromatic heterocycles. The quantitative estimate of drug-likeness (QED) is 0.546. The number of thioether (sulfide) groups is 1. The van der Waals surface area contributed by atoms with Crippen molar-refractivity contribution in [3.8, 4) is 0 Å². The second-order valence-electron chi connectivity index (χ2n) is 4.88. The minimum atomic E-state index is -4.36. The van der Waals surface area contributed by atoms with E-state index in [1.165, 1.54) is 11.8 Å². The molecule has 2 N–H and O–H groups in total. The maximum Gasteiger partial charge on any atom is 0.411 e. The summed E-state index contributed by atoms with van der Waals surface area (Å²) < 4.78 is 40.7. The molecule has 140 valence electrons. The molecule has 0 atom stereocenters. The Bertz CT molecular complexity index is 556. The van der Waals surface area contributed by atoms with Gasteiger partial charge in [-0.2, -0.15) is 24.9 Å². The molecule has 0 aliphatic rings. The first kappa shape index (κ1) is 21.8. The second-order valence-corrected chi connectivity index (χ2v) is 6.90. The normalized spacial score (nSPS) is 11.2. The average Bonchev–Trinajstić information content (AvgIpc) is 2.52. The van der Waals surface area contributed by atoms with E-state index in [9.17, 15) is 22.8 Å². The van der Waals surface area contributed by atoms with Crippen LogP contribution in [0, 0.1) is 0 Å². The number of alkyl halides is 3. The average molecular weight is 443 g/mol. The Balaban J connectivity index is 2.03. The van der Waals surface area contributed by atoms with Gasteiger partial charge in [-0.3, -0.25) is 9.59 Å². The van der Waals surface area contributed by atoms with Crippen LogP contribution in [0.3, 0.4) is 0 Å². The molecule has 0 unspecified atom stereocenters. The van der Waals surface area contributed by atoms with Crippen LogP contribution < -0.4 is 10.6 Å². The molecule has 0 spiro atoms. The summed E-state index contributed by atoms with van der Waals surface area (Å²) in [6.45, 7) is -1.51. The maximum absolute atomic E-state index is 11.8. The summed E-state index contributed by atoms with van der Waals surface area (Å²) >= 11 is 4.60. The van der Waals surface area contributed by atoms with Gasteiger partial charge >= 0.3 is 6.18 Å². The van der Waals surface area contributed by atoms with E-state index in [1.54, 1.807) is 12.1 Å². The number of nitrogens with one attached hydrogen (secondary N) is 2. The third-order valence-electron chi connectivity index (χ3n) is 2.67. The van der Waals surface area contributed by atoms with Crippen molar-refractivity contribution < 1.29 is 27.5 Å². The van der Waals surface area contributed by atoms with Crippen LogP contribution in [0.2, 0.25) is 0 Å². The molecule has 0 aliphatic heterocycles. The topological polar surface area (TPSA) is 67.4 Å². The number of halogens is 4. The van der Waals surface area contributed by atoms with E-state index in [0.717, 1.165) is 4.47 Å². The van der Waals surface area contributed by atoms with E-state index in [0.29, 0.717) is 11.4 Å². The van der Waals surface area contributed by atoms with Crippen LogP contribution in [0.25, 0.3) is 0 Å². The molecule has 0 bridgehead atoms. The highest BCUT2D eigenvalue weighted by Gasteiger charge is 2.27. The van der Waals surface area contributed by atoms with Gasteiger partial charge in [-0.1, -0.05) is 15.9 Å². The Labute approximate surface area is 156 Å². The summed E-state index contributed by atoms with van der Waals surface area (Å²) in [7, 11) is 0. The van der Waals surface area contributed by atoms with Crippen LogP contribution in [0.1, 0.15) is 6.42 Å². The van der Waals surface area contributed by atoms with Crippen LogP contribution in [0.4, 0.5) is 18.9 Å². The highest BCUT2D eigenvalue weighted by molar-refractivity contribution is 9.10. The number of benzene rings is 1. The number of hydrogen-bond acceptors (Lipinski definition) is 4. The summed E-state index contributed by atoms with van der Waals surface area (Å²) in [4.78, 5) is 23.2. The van der Waals surface area contributed by atoms with Gasteiger partial charge in [-0.25, -0.2) is 0 Å². The minimum absolute atomic E-state index is 0.0175. The van der Waals surface area contributed by atoms with Crippen molar-refractivity contribution >= 4 is 45.2 Å². The summed E-state index contributed by atoms with van der Waals surface area (Å²) in [5.74, 6) is 0.172. The van der Waals surface area contributed by atoms with Crippen LogP contribution >= 0.6 is 27.7 Å². The fourth-order valence-electron chi connectivity index (χ4n) is 1.60. The van der Waals surface area contributed by atoms with Gasteiger partial charge in [0.25, 0.3) is 0 Å². The van der Waals surface area contributed by atoms with Crippen molar-refractivity contribution in [3.63, 3.8) is 0 Å². The molecule has 1 aromatic rings. The van der Waals surface area contributed by atoms with Crippen LogP contribution in [-0.2, 0) is 14.3 Å². The number of carbonyl (C=O) groups is 2. The van der Waals surface area contributed by atoms with Crippen molar-refractivity contribution in [2.45, 2.75) is 12.6 Å². The predicted molar refractivity (Wildman–Crippen MR) is 94.6 cm³/mol. The van der Waals surface area contributed by atoms with Crippen molar-refractivity contribution in [1.29, 1.82) is 0 Å². The summed E-state index contributed by atoms with van der Waals surface area (Å²) in [6.07, 6.45) is -4.19. The van der Waals surface area contributed by atoms with Crippen LogP contribution in [0.5, 0.6) is 0 Å². The number of carbonyl (C=O) groups excluding carboxylic acids is 2. The molecule has 1 aromatic carbocycles. The Morgan fingerprint density at radius 3 is 2.48 bits per heavy atom. The largest absolute Gasteiger partial charge is 0.411 e. The molecule has 25 heavy (non-hydrogen) atoms. The molecule has 10 heteroatoms. The molecule has 0 saturated heterocycles. The smallest absolute Gasteiger partial charge is 0.370 e. The highest BCUT2D eigenvalue weighted by Crippen LogP contribution is 2.15. The van der Waals surface area contributed by atoms with Crippen molar-refractivity contribution in [1.82, 2.24) is 5.32 Å². The molecule has 0 radical (unpaired) electrons. The number of hydrogen-bond donors (Lipinski definition) is 2. The van der Waals surface area contributed by atoms with Crippen molar-refractivity contribution in [2.75, 3.05) is 36.6 Å². The Morgan fingerprint density at radius 1 is 1.16 bits per heavy atom. The molecule has 0 aliphatic carbocycles. The molecular weight excluding hydrogens is 425 g/mol. The van der Waals surface area contributed by atoms with Gasteiger partial charge < -0.3 is 15.4 Å². The van der Waals surface area contributed by atoms with Crippen molar-refractivity contribution in [2.24, 2.45) is 0 Å². The third-order valence-corrected chi connectivity index (χ3v) is 4.16. The number of ether oxygens (including phenoxy) is 1. The van der Waals surface area contributed by atoms with E-state index in [4.69, 9.17) is 0 Å². The lowest BCUT2D eigenvalue weighted by Gasteiger charge is -2.08. The van der Waals surface area contributed by atoms with E-state index >= 15 is 0 Å². The monoisotopic (exact) mass is 442 g/mol. The third kappa shape index (κ3) is 11.8. The van der Waals surface area contributed by atoms with Crippen molar-refractivity contribution in [3.05, 3.63) is 28.7 Å². The molecular formula is C15H18BrF3N2O3S. The van der Waals surface area contributed by atoms with Crippen LogP contribution in [0.15, 0.2) is 28.7 Å². The van der Waals surface area contributed by atoms with Gasteiger partial charge in [0.15, 0.2) is 0 Å². The standard InChI is InChI=1S/C15H18BrF3N2O3S/c16-11-1-3-12(4-2-11)21-14(23)9-25-8-5-13(22)20-6-7-24-10-15(17,18)19/h1-4H,5-10H2,(H,20,22)(H,21,23). The molecule has 0 fully saturated rings. The fourth-order valence-corrected chi connectivity index (χ4v) is 2.59. The molecule has 0 heterocycles. The molecule has 2 amide bonds. The number of amides is 2. The zero-order valence-corrected chi connectivity index (χ0v) is 15.6. The van der Waals surface area contributed by atoms with E-state index in [2.05, 4.69) is 31.3 Å². The zero-order chi connectivity index (χ0) is 18.7. The van der Waals surface area contributed by atoms with E-state index < -0.39 is 12.8 Å². The van der Waals surface area contributed by atoms with Gasteiger partial charge in [0.2, 0.25) is 11.8 Å².